The van der Waals surface area contributed by atoms with Gasteiger partial charge in [-0.3, -0.25) is 14.5 Å². The minimum atomic E-state index is 0.0208. The molecule has 2 aliphatic rings. The number of likely N-dealkylation sites (tertiary alicyclic amines) is 2. The number of amides is 2. The van der Waals surface area contributed by atoms with Gasteiger partial charge in [0, 0.05) is 37.5 Å². The Kier molecular flexibility index (Phi) is 7.41. The van der Waals surface area contributed by atoms with Crippen molar-refractivity contribution in [2.75, 3.05) is 19.6 Å². The van der Waals surface area contributed by atoms with Crippen LogP contribution in [-0.2, 0) is 29.2 Å². The van der Waals surface area contributed by atoms with Gasteiger partial charge in [-0.15, -0.1) is 0 Å². The molecular weight excluding hydrogens is 454 g/mol. The predicted molar refractivity (Wildman–Crippen MR) is 135 cm³/mol. The summed E-state index contributed by atoms with van der Waals surface area (Å²) in [7, 11) is 0. The van der Waals surface area contributed by atoms with Gasteiger partial charge >= 0.3 is 0 Å². The average molecular weight is 488 g/mol. The van der Waals surface area contributed by atoms with Crippen LogP contribution in [0.15, 0.2) is 53.1 Å². The van der Waals surface area contributed by atoms with E-state index in [1.165, 1.54) is 5.56 Å². The van der Waals surface area contributed by atoms with Crippen LogP contribution >= 0.6 is 0 Å². The van der Waals surface area contributed by atoms with E-state index in [-0.39, 0.29) is 17.7 Å². The predicted octanol–water partition coefficient (Wildman–Crippen LogP) is 3.70. The Labute approximate surface area is 211 Å². The largest absolute Gasteiger partial charge is 0.352 e. The second-order valence-electron chi connectivity index (χ2n) is 9.88. The molecule has 8 nitrogen and oxygen atoms in total. The maximum Gasteiger partial charge on any atom is 0.241 e. The highest BCUT2D eigenvalue weighted by atomic mass is 16.5. The zero-order valence-electron chi connectivity index (χ0n) is 20.8. The van der Waals surface area contributed by atoms with Gasteiger partial charge in [-0.05, 0) is 50.4 Å². The van der Waals surface area contributed by atoms with Crippen molar-refractivity contribution in [3.05, 3.63) is 71.1 Å². The van der Waals surface area contributed by atoms with E-state index in [1.54, 1.807) is 0 Å². The number of hydrogen-bond acceptors (Lipinski definition) is 6. The van der Waals surface area contributed by atoms with Crippen LogP contribution < -0.4 is 5.32 Å². The van der Waals surface area contributed by atoms with Crippen LogP contribution in [0.5, 0.6) is 0 Å². The van der Waals surface area contributed by atoms with Crippen LogP contribution in [0.2, 0.25) is 0 Å². The number of nitrogens with one attached hydrogen (secondary N) is 1. The van der Waals surface area contributed by atoms with Gasteiger partial charge in [-0.2, -0.15) is 4.98 Å². The first-order valence-corrected chi connectivity index (χ1v) is 12.8. The highest BCUT2D eigenvalue weighted by Gasteiger charge is 2.26. The number of nitrogens with zero attached hydrogens (tertiary/aromatic N) is 4. The number of carbonyl (C=O) groups is 2. The molecule has 1 N–H and O–H groups in total. The first-order chi connectivity index (χ1) is 17.5. The lowest BCUT2D eigenvalue weighted by Crippen LogP contribution is -2.40. The molecule has 8 heteroatoms. The molecule has 0 atom stereocenters. The van der Waals surface area contributed by atoms with Gasteiger partial charge in [0.25, 0.3) is 0 Å². The van der Waals surface area contributed by atoms with Crippen molar-refractivity contribution in [1.29, 1.82) is 0 Å². The van der Waals surface area contributed by atoms with Gasteiger partial charge in [0.05, 0.1) is 6.54 Å². The van der Waals surface area contributed by atoms with Crippen molar-refractivity contribution in [2.45, 2.75) is 52.2 Å². The van der Waals surface area contributed by atoms with Gasteiger partial charge in [-0.1, -0.05) is 59.3 Å². The number of aromatic nitrogens is 2. The SMILES string of the molecule is Cc1ccc(-c2noc(CN3CCC(C(=O)NCc4ccc(CN5CCCC5=O)cc4)CC3)n2)cc1. The topological polar surface area (TPSA) is 91.6 Å². The second kappa shape index (κ2) is 11.0. The van der Waals surface area contributed by atoms with Crippen LogP contribution in [0.3, 0.4) is 0 Å². The summed E-state index contributed by atoms with van der Waals surface area (Å²) in [5.74, 6) is 1.58. The summed E-state index contributed by atoms with van der Waals surface area (Å²) < 4.78 is 5.46. The maximum atomic E-state index is 12.7. The Hall–Kier alpha value is -3.52. The molecular formula is C28H33N5O3. The lowest BCUT2D eigenvalue weighted by atomic mass is 9.96. The first-order valence-electron chi connectivity index (χ1n) is 12.8. The summed E-state index contributed by atoms with van der Waals surface area (Å²) in [6, 6.07) is 16.2. The van der Waals surface area contributed by atoms with Crippen molar-refractivity contribution in [1.82, 2.24) is 25.3 Å². The highest BCUT2D eigenvalue weighted by Crippen LogP contribution is 2.21. The maximum absolute atomic E-state index is 12.7. The van der Waals surface area contributed by atoms with E-state index in [0.29, 0.717) is 37.8 Å². The minimum absolute atomic E-state index is 0.0208. The Morgan fingerprint density at radius 1 is 1.00 bits per heavy atom. The number of benzene rings is 2. The third-order valence-corrected chi connectivity index (χ3v) is 7.13. The fourth-order valence-electron chi connectivity index (χ4n) is 4.87. The quantitative estimate of drug-likeness (QED) is 0.521. The van der Waals surface area contributed by atoms with E-state index in [9.17, 15) is 9.59 Å². The van der Waals surface area contributed by atoms with E-state index in [4.69, 9.17) is 4.52 Å². The fraction of sp³-hybridized carbons (Fsp3) is 0.429. The van der Waals surface area contributed by atoms with Gasteiger partial charge in [-0.25, -0.2) is 0 Å². The van der Waals surface area contributed by atoms with Crippen LogP contribution in [0, 0.1) is 12.8 Å². The van der Waals surface area contributed by atoms with Gasteiger partial charge in [0.15, 0.2) is 0 Å². The smallest absolute Gasteiger partial charge is 0.241 e. The third-order valence-electron chi connectivity index (χ3n) is 7.13. The van der Waals surface area contributed by atoms with Crippen molar-refractivity contribution < 1.29 is 14.1 Å². The Morgan fingerprint density at radius 2 is 1.72 bits per heavy atom. The molecule has 3 heterocycles. The molecule has 5 rings (SSSR count). The zero-order chi connectivity index (χ0) is 24.9. The monoisotopic (exact) mass is 487 g/mol. The molecule has 2 aliphatic heterocycles. The number of piperidine rings is 1. The van der Waals surface area contributed by atoms with E-state index >= 15 is 0 Å². The summed E-state index contributed by atoms with van der Waals surface area (Å²) in [4.78, 5) is 33.3. The molecule has 2 amide bonds. The number of hydrogen-bond donors (Lipinski definition) is 1. The zero-order valence-corrected chi connectivity index (χ0v) is 20.8. The molecule has 0 aliphatic carbocycles. The summed E-state index contributed by atoms with van der Waals surface area (Å²) >= 11 is 0. The van der Waals surface area contributed by atoms with Gasteiger partial charge in [0.1, 0.15) is 0 Å². The van der Waals surface area contributed by atoms with Crippen molar-refractivity contribution in [3.63, 3.8) is 0 Å². The van der Waals surface area contributed by atoms with E-state index in [1.807, 2.05) is 60.4 Å². The van der Waals surface area contributed by atoms with Crippen LogP contribution in [0.1, 0.15) is 48.3 Å². The first kappa shape index (κ1) is 24.2. The summed E-state index contributed by atoms with van der Waals surface area (Å²) in [6.45, 7) is 6.33. The molecule has 2 saturated heterocycles. The Bertz CT molecular complexity index is 1180. The second-order valence-corrected chi connectivity index (χ2v) is 9.88. The lowest BCUT2D eigenvalue weighted by Gasteiger charge is -2.30. The lowest BCUT2D eigenvalue weighted by molar-refractivity contribution is -0.128. The normalized spacial score (nSPS) is 17.0. The van der Waals surface area contributed by atoms with Crippen LogP contribution in [0.4, 0.5) is 0 Å². The molecule has 0 bridgehead atoms. The molecule has 36 heavy (non-hydrogen) atoms. The summed E-state index contributed by atoms with van der Waals surface area (Å²) in [5.41, 5.74) is 4.33. The molecule has 1 aromatic heterocycles. The Morgan fingerprint density at radius 3 is 2.42 bits per heavy atom. The van der Waals surface area contributed by atoms with Crippen molar-refractivity contribution in [2.24, 2.45) is 5.92 Å². The Balaban J connectivity index is 1.04. The van der Waals surface area contributed by atoms with E-state index in [0.717, 1.165) is 55.6 Å². The number of aryl methyl sites for hydroxylation is 1. The van der Waals surface area contributed by atoms with Crippen LogP contribution in [-0.4, -0.2) is 51.4 Å². The molecule has 2 fully saturated rings. The number of carbonyl (C=O) groups excluding carboxylic acids is 2. The average Bonchev–Trinajstić information content (AvgIpc) is 3.53. The van der Waals surface area contributed by atoms with Crippen molar-refractivity contribution >= 4 is 11.8 Å². The molecule has 0 saturated carbocycles. The third kappa shape index (κ3) is 5.99. The fourth-order valence-corrected chi connectivity index (χ4v) is 4.87. The molecule has 2 aromatic carbocycles. The molecule has 0 unspecified atom stereocenters. The molecule has 3 aromatic rings. The minimum Gasteiger partial charge on any atom is -0.352 e. The highest BCUT2D eigenvalue weighted by molar-refractivity contribution is 5.79. The molecule has 0 spiro atoms. The van der Waals surface area contributed by atoms with Crippen molar-refractivity contribution in [3.8, 4) is 11.4 Å². The van der Waals surface area contributed by atoms with E-state index < -0.39 is 0 Å². The molecule has 188 valence electrons. The molecule has 0 radical (unpaired) electrons. The van der Waals surface area contributed by atoms with E-state index in [2.05, 4.69) is 20.4 Å². The summed E-state index contributed by atoms with van der Waals surface area (Å²) in [5, 5.41) is 7.21. The van der Waals surface area contributed by atoms with Crippen LogP contribution in [0.25, 0.3) is 11.4 Å². The van der Waals surface area contributed by atoms with Gasteiger partial charge in [0.2, 0.25) is 23.5 Å². The standard InChI is InChI=1S/C28H33N5O3/c1-20-4-10-23(11-5-20)27-30-25(36-31-27)19-32-15-12-24(13-16-32)28(35)29-17-21-6-8-22(9-7-21)18-33-14-2-3-26(33)34/h4-11,24H,2-3,12-19H2,1H3,(H,29,35). The number of rotatable bonds is 8. The summed E-state index contributed by atoms with van der Waals surface area (Å²) in [6.07, 6.45) is 3.24. The van der Waals surface area contributed by atoms with Gasteiger partial charge < -0.3 is 14.7 Å².